The van der Waals surface area contributed by atoms with E-state index in [1.165, 1.54) is 13.1 Å². The molecule has 6 nitrogen and oxygen atoms in total. The Balaban J connectivity index is 1.97. The highest BCUT2D eigenvalue weighted by molar-refractivity contribution is 5.99. The lowest BCUT2D eigenvalue weighted by Gasteiger charge is -2.12. The fraction of sp³-hybridized carbons (Fsp3) is 0.0455. The van der Waals surface area contributed by atoms with E-state index in [-0.39, 0.29) is 5.91 Å². The molecule has 0 aliphatic heterocycles. The lowest BCUT2D eigenvalue weighted by molar-refractivity contribution is -0.114. The van der Waals surface area contributed by atoms with Gasteiger partial charge < -0.3 is 10.5 Å². The maximum atomic E-state index is 11.4. The number of nitrogens with zero attached hydrogens (tertiary/aromatic N) is 3. The van der Waals surface area contributed by atoms with Crippen molar-refractivity contribution in [3.8, 4) is 16.8 Å². The molecule has 4 aromatic rings. The second kappa shape index (κ2) is 7.36. The number of carbonyl (C=O) groups excluding carboxylic acids is 1. The largest absolute Gasteiger partial charge is 0.411 e. The SMILES string of the molecule is CC(=O)Nc1cccc(-c2cc(C=NO)cc3ncn(-c4ccccc4)c23)c1. The Kier molecular flexibility index (Phi) is 4.60. The van der Waals surface area contributed by atoms with Gasteiger partial charge in [0.05, 0.1) is 17.2 Å². The predicted octanol–water partition coefficient (Wildman–Crippen LogP) is 4.46. The van der Waals surface area contributed by atoms with Crippen molar-refractivity contribution >= 4 is 28.8 Å². The predicted molar refractivity (Wildman–Crippen MR) is 110 cm³/mol. The molecule has 0 unspecified atom stereocenters. The summed E-state index contributed by atoms with van der Waals surface area (Å²) in [6, 6.07) is 21.4. The lowest BCUT2D eigenvalue weighted by atomic mass is 10.0. The van der Waals surface area contributed by atoms with E-state index in [1.807, 2.05) is 71.3 Å². The fourth-order valence-corrected chi connectivity index (χ4v) is 3.28. The molecule has 138 valence electrons. The van der Waals surface area contributed by atoms with Crippen molar-refractivity contribution in [3.63, 3.8) is 0 Å². The van der Waals surface area contributed by atoms with Gasteiger partial charge >= 0.3 is 0 Å². The molecule has 0 aliphatic carbocycles. The molecule has 1 amide bonds. The zero-order valence-electron chi connectivity index (χ0n) is 15.2. The van der Waals surface area contributed by atoms with E-state index in [2.05, 4.69) is 15.5 Å². The third-order valence-electron chi connectivity index (χ3n) is 4.40. The summed E-state index contributed by atoms with van der Waals surface area (Å²) in [5.41, 5.74) is 5.98. The van der Waals surface area contributed by atoms with Crippen LogP contribution in [0.3, 0.4) is 0 Å². The van der Waals surface area contributed by atoms with Gasteiger partial charge in [-0.2, -0.15) is 0 Å². The summed E-state index contributed by atoms with van der Waals surface area (Å²) in [4.78, 5) is 16.0. The standard InChI is InChI=1S/C22H18N4O2/c1-15(27)25-18-7-5-6-17(12-18)20-10-16(13-24-28)11-21-22(20)26(14-23-21)19-8-3-2-4-9-19/h2-14,28H,1H3,(H,25,27). The summed E-state index contributed by atoms with van der Waals surface area (Å²) in [7, 11) is 0. The van der Waals surface area contributed by atoms with E-state index in [0.29, 0.717) is 5.69 Å². The minimum Gasteiger partial charge on any atom is -0.411 e. The van der Waals surface area contributed by atoms with Gasteiger partial charge in [-0.3, -0.25) is 9.36 Å². The van der Waals surface area contributed by atoms with Gasteiger partial charge in [0.1, 0.15) is 6.33 Å². The number of para-hydroxylation sites is 1. The Labute approximate surface area is 161 Å². The Morgan fingerprint density at radius 3 is 2.68 bits per heavy atom. The van der Waals surface area contributed by atoms with Crippen LogP contribution < -0.4 is 5.32 Å². The summed E-state index contributed by atoms with van der Waals surface area (Å²) >= 11 is 0. The van der Waals surface area contributed by atoms with Crippen LogP contribution in [-0.4, -0.2) is 26.9 Å². The molecule has 28 heavy (non-hydrogen) atoms. The van der Waals surface area contributed by atoms with E-state index < -0.39 is 0 Å². The molecule has 0 bridgehead atoms. The first-order valence-corrected chi connectivity index (χ1v) is 8.77. The molecule has 0 saturated carbocycles. The van der Waals surface area contributed by atoms with Gasteiger partial charge in [-0.15, -0.1) is 0 Å². The van der Waals surface area contributed by atoms with Gasteiger partial charge in [0.15, 0.2) is 0 Å². The zero-order valence-corrected chi connectivity index (χ0v) is 15.2. The summed E-state index contributed by atoms with van der Waals surface area (Å²) in [6.07, 6.45) is 3.16. The highest BCUT2D eigenvalue weighted by Gasteiger charge is 2.13. The average Bonchev–Trinajstić information content (AvgIpc) is 3.12. The van der Waals surface area contributed by atoms with Crippen molar-refractivity contribution in [2.24, 2.45) is 5.16 Å². The number of amides is 1. The number of aromatic nitrogens is 2. The molecular weight excluding hydrogens is 352 g/mol. The molecule has 0 spiro atoms. The topological polar surface area (TPSA) is 79.5 Å². The number of rotatable bonds is 4. The van der Waals surface area contributed by atoms with Crippen molar-refractivity contribution in [1.82, 2.24) is 9.55 Å². The van der Waals surface area contributed by atoms with Crippen LogP contribution in [-0.2, 0) is 4.79 Å². The number of imidazole rings is 1. The van der Waals surface area contributed by atoms with Crippen molar-refractivity contribution in [2.75, 3.05) is 5.32 Å². The molecule has 0 radical (unpaired) electrons. The maximum Gasteiger partial charge on any atom is 0.221 e. The average molecular weight is 370 g/mol. The van der Waals surface area contributed by atoms with Crippen molar-refractivity contribution < 1.29 is 10.0 Å². The van der Waals surface area contributed by atoms with Gasteiger partial charge in [0, 0.05) is 23.9 Å². The first-order valence-electron chi connectivity index (χ1n) is 8.77. The molecule has 0 saturated heterocycles. The van der Waals surface area contributed by atoms with Gasteiger partial charge in [-0.25, -0.2) is 4.98 Å². The first kappa shape index (κ1) is 17.5. The normalized spacial score (nSPS) is 11.2. The molecule has 0 fully saturated rings. The number of benzene rings is 3. The van der Waals surface area contributed by atoms with Crippen molar-refractivity contribution in [3.05, 3.63) is 78.6 Å². The minimum absolute atomic E-state index is 0.127. The first-order chi connectivity index (χ1) is 13.7. The van der Waals surface area contributed by atoms with Gasteiger partial charge in [0.2, 0.25) is 5.91 Å². The number of anilines is 1. The van der Waals surface area contributed by atoms with E-state index in [0.717, 1.165) is 33.4 Å². The third kappa shape index (κ3) is 3.35. The molecule has 0 aliphatic rings. The molecule has 3 aromatic carbocycles. The Morgan fingerprint density at radius 2 is 1.93 bits per heavy atom. The molecule has 1 heterocycles. The lowest BCUT2D eigenvalue weighted by Crippen LogP contribution is -2.05. The molecule has 1 aromatic heterocycles. The second-order valence-corrected chi connectivity index (χ2v) is 6.39. The smallest absolute Gasteiger partial charge is 0.221 e. The van der Waals surface area contributed by atoms with E-state index in [9.17, 15) is 4.79 Å². The number of carbonyl (C=O) groups is 1. The van der Waals surface area contributed by atoms with E-state index >= 15 is 0 Å². The van der Waals surface area contributed by atoms with Gasteiger partial charge in [0.25, 0.3) is 0 Å². The quantitative estimate of drug-likeness (QED) is 0.316. The van der Waals surface area contributed by atoms with Crippen LogP contribution in [0.4, 0.5) is 5.69 Å². The third-order valence-corrected chi connectivity index (χ3v) is 4.40. The highest BCUT2D eigenvalue weighted by atomic mass is 16.4. The maximum absolute atomic E-state index is 11.4. The molecule has 0 atom stereocenters. The Morgan fingerprint density at radius 1 is 1.11 bits per heavy atom. The number of oxime groups is 1. The second-order valence-electron chi connectivity index (χ2n) is 6.39. The molecule has 6 heteroatoms. The monoisotopic (exact) mass is 370 g/mol. The minimum atomic E-state index is -0.127. The van der Waals surface area contributed by atoms with Crippen LogP contribution in [0, 0.1) is 0 Å². The molecule has 2 N–H and O–H groups in total. The number of nitrogens with one attached hydrogen (secondary N) is 1. The van der Waals surface area contributed by atoms with Crippen LogP contribution >= 0.6 is 0 Å². The van der Waals surface area contributed by atoms with Crippen LogP contribution in [0.15, 0.2) is 78.2 Å². The van der Waals surface area contributed by atoms with Gasteiger partial charge in [-0.05, 0) is 47.5 Å². The number of fused-ring (bicyclic) bond motifs is 1. The van der Waals surface area contributed by atoms with Crippen molar-refractivity contribution in [2.45, 2.75) is 6.92 Å². The summed E-state index contributed by atoms with van der Waals surface area (Å²) in [5.74, 6) is -0.127. The summed E-state index contributed by atoms with van der Waals surface area (Å²) in [5, 5.41) is 14.9. The highest BCUT2D eigenvalue weighted by Crippen LogP contribution is 2.32. The van der Waals surface area contributed by atoms with Crippen LogP contribution in [0.2, 0.25) is 0 Å². The number of hydrogen-bond donors (Lipinski definition) is 2. The van der Waals surface area contributed by atoms with Crippen LogP contribution in [0.5, 0.6) is 0 Å². The van der Waals surface area contributed by atoms with Crippen molar-refractivity contribution in [1.29, 1.82) is 0 Å². The number of hydrogen-bond acceptors (Lipinski definition) is 4. The Hall–Kier alpha value is -3.93. The zero-order chi connectivity index (χ0) is 19.5. The van der Waals surface area contributed by atoms with E-state index in [4.69, 9.17) is 5.21 Å². The molecular formula is C22H18N4O2. The van der Waals surface area contributed by atoms with Gasteiger partial charge in [-0.1, -0.05) is 35.5 Å². The van der Waals surface area contributed by atoms with Crippen LogP contribution in [0.1, 0.15) is 12.5 Å². The molecule has 4 rings (SSSR count). The van der Waals surface area contributed by atoms with Crippen LogP contribution in [0.25, 0.3) is 27.8 Å². The summed E-state index contributed by atoms with van der Waals surface area (Å²) in [6.45, 7) is 1.48. The van der Waals surface area contributed by atoms with E-state index in [1.54, 1.807) is 6.33 Å². The summed E-state index contributed by atoms with van der Waals surface area (Å²) < 4.78 is 2.02. The Bertz CT molecular complexity index is 1180. The fourth-order valence-electron chi connectivity index (χ4n) is 3.28.